The van der Waals surface area contributed by atoms with Crippen molar-refractivity contribution in [1.29, 1.82) is 0 Å². The van der Waals surface area contributed by atoms with Crippen LogP contribution in [0.15, 0.2) is 83.8 Å². The molecule has 0 saturated carbocycles. The Morgan fingerprint density at radius 2 is 1.69 bits per heavy atom. The van der Waals surface area contributed by atoms with Gasteiger partial charge in [0.1, 0.15) is 0 Å². The molecule has 2 fully saturated rings. The number of hydrogen-bond acceptors (Lipinski definition) is 9. The van der Waals surface area contributed by atoms with E-state index in [0.29, 0.717) is 30.8 Å². The second-order valence-corrected chi connectivity index (χ2v) is 15.9. The van der Waals surface area contributed by atoms with Crippen LogP contribution >= 0.6 is 0 Å². The molecule has 0 aromatic heterocycles. The first kappa shape index (κ1) is 36.6. The topological polar surface area (TPSA) is 164 Å². The molecule has 14 heteroatoms. The van der Waals surface area contributed by atoms with E-state index in [1.807, 2.05) is 50.2 Å². The third kappa shape index (κ3) is 8.47. The van der Waals surface area contributed by atoms with E-state index in [4.69, 9.17) is 18.9 Å². The van der Waals surface area contributed by atoms with Gasteiger partial charge in [0.15, 0.2) is 17.8 Å². The molecule has 51 heavy (non-hydrogen) atoms. The number of aliphatic hydroxyl groups excluding tert-OH is 1. The van der Waals surface area contributed by atoms with Gasteiger partial charge in [0.05, 0.1) is 36.3 Å². The van der Waals surface area contributed by atoms with Crippen LogP contribution in [0.5, 0.6) is 11.5 Å². The lowest BCUT2D eigenvalue weighted by atomic mass is 9.89. The SMILES string of the molecule is CC(C)(CCNC(=O)c1ccccc1)CN(C[C@@H](O)[C@H](Cc1ccccc1)N(C(=O)O)[C@H]1CO[C@H]2OCC[C@H]21)S(=O)(=O)c1ccc2c(c1)OCO2. The summed E-state index contributed by atoms with van der Waals surface area (Å²) in [5, 5.41) is 25.7. The number of aliphatic hydroxyl groups is 1. The van der Waals surface area contributed by atoms with Crippen molar-refractivity contribution in [3.63, 3.8) is 0 Å². The maximum Gasteiger partial charge on any atom is 0.407 e. The van der Waals surface area contributed by atoms with E-state index >= 15 is 0 Å². The quantitative estimate of drug-likeness (QED) is 0.209. The highest BCUT2D eigenvalue weighted by Gasteiger charge is 2.49. The number of rotatable bonds is 15. The predicted molar refractivity (Wildman–Crippen MR) is 186 cm³/mol. The van der Waals surface area contributed by atoms with Gasteiger partial charge in [-0.15, -0.1) is 0 Å². The fourth-order valence-electron chi connectivity index (χ4n) is 7.06. The zero-order valence-electron chi connectivity index (χ0n) is 28.7. The van der Waals surface area contributed by atoms with Crippen LogP contribution in [0.2, 0.25) is 0 Å². The summed E-state index contributed by atoms with van der Waals surface area (Å²) in [4.78, 5) is 27.0. The van der Waals surface area contributed by atoms with Gasteiger partial charge in [-0.25, -0.2) is 13.2 Å². The number of carbonyl (C=O) groups is 2. The van der Waals surface area contributed by atoms with Crippen LogP contribution in [0.25, 0.3) is 0 Å². The van der Waals surface area contributed by atoms with Crippen molar-refractivity contribution >= 4 is 22.0 Å². The van der Waals surface area contributed by atoms with Gasteiger partial charge >= 0.3 is 6.09 Å². The summed E-state index contributed by atoms with van der Waals surface area (Å²) in [5.74, 6) is 0.246. The molecule has 13 nitrogen and oxygen atoms in total. The summed E-state index contributed by atoms with van der Waals surface area (Å²) in [5.41, 5.74) is 0.606. The van der Waals surface area contributed by atoms with Crippen LogP contribution in [-0.4, -0.2) is 104 Å². The molecule has 3 aromatic rings. The number of ether oxygens (including phenoxy) is 4. The fourth-order valence-corrected chi connectivity index (χ4v) is 8.72. The van der Waals surface area contributed by atoms with Gasteiger partial charge in [0.2, 0.25) is 16.8 Å². The fraction of sp³-hybridized carbons (Fsp3) is 0.459. The zero-order valence-corrected chi connectivity index (χ0v) is 29.5. The Kier molecular flexibility index (Phi) is 11.2. The lowest BCUT2D eigenvalue weighted by Gasteiger charge is -2.40. The first-order valence-electron chi connectivity index (χ1n) is 17.1. The third-order valence-corrected chi connectivity index (χ3v) is 11.6. The average molecular weight is 724 g/mol. The molecule has 0 unspecified atom stereocenters. The van der Waals surface area contributed by atoms with Gasteiger partial charge in [0, 0.05) is 37.2 Å². The third-order valence-electron chi connectivity index (χ3n) is 9.78. The first-order chi connectivity index (χ1) is 24.4. The van der Waals surface area contributed by atoms with Gasteiger partial charge < -0.3 is 34.5 Å². The second kappa shape index (κ2) is 15.6. The molecule has 3 aliphatic heterocycles. The Hall–Kier alpha value is -4.21. The standard InChI is InChI=1S/C37H45N3O10S/c1-37(2,16-17-38-34(42)26-11-7-4-8-12-26)23-39(51(45,46)27-13-14-32-33(20-27)50-24-49-32)21-31(41)29(19-25-9-5-3-6-10-25)40(36(43)44)30-22-48-35-28(30)15-18-47-35/h3-14,20,28-31,35,41H,15-19,21-24H2,1-2H3,(H,38,42)(H,43,44)/t28-,29-,30-,31+,35+/m0/s1. The maximum atomic E-state index is 14.5. The summed E-state index contributed by atoms with van der Waals surface area (Å²) in [6, 6.07) is 20.7. The van der Waals surface area contributed by atoms with Crippen molar-refractivity contribution in [3.8, 4) is 11.5 Å². The first-order valence-corrected chi connectivity index (χ1v) is 18.6. The molecule has 3 N–H and O–H groups in total. The van der Waals surface area contributed by atoms with E-state index in [1.165, 1.54) is 27.4 Å². The second-order valence-electron chi connectivity index (χ2n) is 14.0. The average Bonchev–Trinajstić information content (AvgIpc) is 3.87. The highest BCUT2D eigenvalue weighted by atomic mass is 32.2. The lowest BCUT2D eigenvalue weighted by Crippen LogP contribution is -2.58. The van der Waals surface area contributed by atoms with Gasteiger partial charge in [-0.1, -0.05) is 62.4 Å². The smallest absolute Gasteiger partial charge is 0.407 e. The van der Waals surface area contributed by atoms with Crippen LogP contribution in [0.4, 0.5) is 4.79 Å². The van der Waals surface area contributed by atoms with E-state index in [2.05, 4.69) is 5.32 Å². The molecule has 3 heterocycles. The van der Waals surface area contributed by atoms with Crippen LogP contribution in [0, 0.1) is 11.3 Å². The van der Waals surface area contributed by atoms with Crippen molar-refractivity contribution in [2.75, 3.05) is 39.6 Å². The van der Waals surface area contributed by atoms with Crippen molar-refractivity contribution in [1.82, 2.24) is 14.5 Å². The molecule has 2 amide bonds. The van der Waals surface area contributed by atoms with Crippen LogP contribution in [0.1, 0.15) is 42.6 Å². The number of sulfonamides is 1. The summed E-state index contributed by atoms with van der Waals surface area (Å²) >= 11 is 0. The van der Waals surface area contributed by atoms with Gasteiger partial charge in [-0.3, -0.25) is 9.69 Å². The number of amides is 2. The zero-order chi connectivity index (χ0) is 36.2. The predicted octanol–water partition coefficient (Wildman–Crippen LogP) is 3.97. The number of carboxylic acid groups (broad SMARTS) is 1. The molecule has 2 saturated heterocycles. The highest BCUT2D eigenvalue weighted by molar-refractivity contribution is 7.89. The normalized spacial score (nSPS) is 20.9. The summed E-state index contributed by atoms with van der Waals surface area (Å²) in [6.45, 7) is 4.10. The Bertz CT molecular complexity index is 1780. The minimum Gasteiger partial charge on any atom is -0.465 e. The molecule has 274 valence electrons. The molecule has 3 aliphatic rings. The number of carbonyl (C=O) groups excluding carboxylic acids is 1. The van der Waals surface area contributed by atoms with Gasteiger partial charge in [0.25, 0.3) is 5.91 Å². The Morgan fingerprint density at radius 3 is 2.41 bits per heavy atom. The van der Waals surface area contributed by atoms with Crippen molar-refractivity contribution in [3.05, 3.63) is 90.0 Å². The van der Waals surface area contributed by atoms with Crippen molar-refractivity contribution in [2.24, 2.45) is 11.3 Å². The molecule has 0 spiro atoms. The molecule has 3 aromatic carbocycles. The number of nitrogens with one attached hydrogen (secondary N) is 1. The van der Waals surface area contributed by atoms with Crippen molar-refractivity contribution < 1.29 is 47.2 Å². The van der Waals surface area contributed by atoms with E-state index in [9.17, 15) is 28.2 Å². The largest absolute Gasteiger partial charge is 0.465 e. The number of nitrogens with zero attached hydrogens (tertiary/aromatic N) is 2. The summed E-state index contributed by atoms with van der Waals surface area (Å²) in [7, 11) is -4.28. The molecule has 6 rings (SSSR count). The van der Waals surface area contributed by atoms with Crippen LogP contribution < -0.4 is 14.8 Å². The minimum atomic E-state index is -4.28. The molecular formula is C37H45N3O10S. The Balaban J connectivity index is 1.29. The summed E-state index contributed by atoms with van der Waals surface area (Å²) in [6.07, 6.45) is -2.07. The molecule has 0 aliphatic carbocycles. The Morgan fingerprint density at radius 1 is 0.980 bits per heavy atom. The van der Waals surface area contributed by atoms with Crippen LogP contribution in [-0.2, 0) is 25.9 Å². The van der Waals surface area contributed by atoms with Gasteiger partial charge in [-0.05, 0) is 54.5 Å². The van der Waals surface area contributed by atoms with Crippen LogP contribution in [0.3, 0.4) is 0 Å². The Labute approximate surface area is 298 Å². The van der Waals surface area contributed by atoms with E-state index in [1.54, 1.807) is 24.3 Å². The number of fused-ring (bicyclic) bond motifs is 2. The lowest BCUT2D eigenvalue weighted by molar-refractivity contribution is -0.0906. The summed E-state index contributed by atoms with van der Waals surface area (Å²) < 4.78 is 52.5. The molecule has 5 atom stereocenters. The maximum absolute atomic E-state index is 14.5. The molecular weight excluding hydrogens is 678 g/mol. The number of benzene rings is 3. The minimum absolute atomic E-state index is 0.0348. The molecule has 0 bridgehead atoms. The number of hydrogen-bond donors (Lipinski definition) is 3. The van der Waals surface area contributed by atoms with E-state index in [-0.39, 0.29) is 55.4 Å². The molecule has 0 radical (unpaired) electrons. The van der Waals surface area contributed by atoms with Crippen molar-refractivity contribution in [2.45, 2.75) is 62.5 Å². The van der Waals surface area contributed by atoms with E-state index in [0.717, 1.165) is 5.56 Å². The van der Waals surface area contributed by atoms with E-state index < -0.39 is 52.6 Å². The monoisotopic (exact) mass is 723 g/mol. The van der Waals surface area contributed by atoms with Gasteiger partial charge in [-0.2, -0.15) is 4.31 Å². The highest BCUT2D eigenvalue weighted by Crippen LogP contribution is 2.38.